The molecule has 0 saturated carbocycles. The second-order valence-corrected chi connectivity index (χ2v) is 5.91. The van der Waals surface area contributed by atoms with Crippen molar-refractivity contribution in [3.05, 3.63) is 22.9 Å². The Morgan fingerprint density at radius 1 is 1.43 bits per heavy atom. The molecule has 1 aliphatic carbocycles. The Balaban J connectivity index is 1.86. The minimum absolute atomic E-state index is 0.0696. The van der Waals surface area contributed by atoms with Gasteiger partial charge in [0.05, 0.1) is 5.56 Å². The Labute approximate surface area is 124 Å². The maximum absolute atomic E-state index is 8.97. The van der Waals surface area contributed by atoms with Crippen molar-refractivity contribution >= 4 is 5.84 Å². The highest BCUT2D eigenvalue weighted by Gasteiger charge is 2.23. The first-order valence-corrected chi connectivity index (χ1v) is 7.53. The zero-order chi connectivity index (χ0) is 14.8. The van der Waals surface area contributed by atoms with Crippen molar-refractivity contribution < 1.29 is 9.94 Å². The molecule has 0 bridgehead atoms. The van der Waals surface area contributed by atoms with Gasteiger partial charge < -0.3 is 20.6 Å². The average Bonchev–Trinajstić information content (AvgIpc) is 2.95. The number of nitrogens with two attached hydrogens (primary N) is 1. The minimum Gasteiger partial charge on any atom is -0.474 e. The van der Waals surface area contributed by atoms with Crippen molar-refractivity contribution in [2.45, 2.75) is 38.2 Å². The van der Waals surface area contributed by atoms with E-state index in [0.717, 1.165) is 50.9 Å². The summed E-state index contributed by atoms with van der Waals surface area (Å²) in [7, 11) is 2.12. The Morgan fingerprint density at radius 2 is 2.19 bits per heavy atom. The molecule has 1 aromatic heterocycles. The Bertz CT molecular complexity index is 551. The van der Waals surface area contributed by atoms with Gasteiger partial charge in [0, 0.05) is 18.8 Å². The first-order valence-electron chi connectivity index (χ1n) is 7.53. The van der Waals surface area contributed by atoms with Crippen molar-refractivity contribution in [3.63, 3.8) is 0 Å². The third-order valence-electron chi connectivity index (χ3n) is 4.34. The highest BCUT2D eigenvalue weighted by molar-refractivity contribution is 5.99. The summed E-state index contributed by atoms with van der Waals surface area (Å²) < 4.78 is 6.07. The normalized spacial score (nSPS) is 20.5. The highest BCUT2D eigenvalue weighted by atomic mass is 16.5. The van der Waals surface area contributed by atoms with Crippen LogP contribution in [0.2, 0.25) is 0 Å². The first kappa shape index (κ1) is 14.1. The largest absolute Gasteiger partial charge is 0.474 e. The van der Waals surface area contributed by atoms with Gasteiger partial charge in [-0.25, -0.2) is 4.98 Å². The van der Waals surface area contributed by atoms with Gasteiger partial charge in [-0.3, -0.25) is 0 Å². The third-order valence-corrected chi connectivity index (χ3v) is 4.34. The van der Waals surface area contributed by atoms with Gasteiger partial charge in [0.1, 0.15) is 6.10 Å². The molecule has 0 amide bonds. The number of fused-ring (bicyclic) bond motifs is 1. The van der Waals surface area contributed by atoms with Crippen LogP contribution in [0.3, 0.4) is 0 Å². The number of aryl methyl sites for hydroxylation is 2. The van der Waals surface area contributed by atoms with E-state index in [1.54, 1.807) is 0 Å². The van der Waals surface area contributed by atoms with Gasteiger partial charge in [-0.15, -0.1) is 0 Å². The molecule has 1 saturated heterocycles. The van der Waals surface area contributed by atoms with E-state index in [1.165, 1.54) is 5.56 Å². The number of pyridine rings is 1. The average molecular weight is 290 g/mol. The summed E-state index contributed by atoms with van der Waals surface area (Å²) in [6.07, 6.45) is 5.20. The van der Waals surface area contributed by atoms with Crippen LogP contribution in [-0.4, -0.2) is 47.2 Å². The monoisotopic (exact) mass is 290 g/mol. The van der Waals surface area contributed by atoms with Gasteiger partial charge in [-0.05, 0) is 50.8 Å². The number of nitrogens with zero attached hydrogens (tertiary/aromatic N) is 3. The molecule has 0 spiro atoms. The minimum atomic E-state index is 0.0696. The van der Waals surface area contributed by atoms with Crippen LogP contribution < -0.4 is 10.5 Å². The van der Waals surface area contributed by atoms with Gasteiger partial charge in [-0.2, -0.15) is 0 Å². The van der Waals surface area contributed by atoms with Crippen molar-refractivity contribution in [1.29, 1.82) is 0 Å². The molecule has 2 heterocycles. The Hall–Kier alpha value is -1.82. The van der Waals surface area contributed by atoms with E-state index in [2.05, 4.69) is 22.1 Å². The van der Waals surface area contributed by atoms with Crippen LogP contribution in [0.25, 0.3) is 0 Å². The number of piperidine rings is 1. The van der Waals surface area contributed by atoms with Gasteiger partial charge in [0.2, 0.25) is 5.88 Å². The van der Waals surface area contributed by atoms with Crippen LogP contribution in [0.1, 0.15) is 36.1 Å². The van der Waals surface area contributed by atoms with Crippen LogP contribution in [-0.2, 0) is 12.8 Å². The van der Waals surface area contributed by atoms with Crippen molar-refractivity contribution in [3.8, 4) is 5.88 Å². The summed E-state index contributed by atoms with van der Waals surface area (Å²) in [5, 5.41) is 12.1. The maximum Gasteiger partial charge on any atom is 0.225 e. The molecular weight excluding hydrogens is 268 g/mol. The van der Waals surface area contributed by atoms with Crippen LogP contribution in [0, 0.1) is 0 Å². The lowest BCUT2D eigenvalue weighted by Gasteiger charge is -2.29. The summed E-state index contributed by atoms with van der Waals surface area (Å²) in [5.41, 5.74) is 8.67. The van der Waals surface area contributed by atoms with Crippen LogP contribution in [0.15, 0.2) is 11.2 Å². The number of rotatable bonds is 3. The van der Waals surface area contributed by atoms with E-state index in [0.29, 0.717) is 11.4 Å². The number of oxime groups is 1. The van der Waals surface area contributed by atoms with Crippen molar-refractivity contribution in [2.75, 3.05) is 20.1 Å². The summed E-state index contributed by atoms with van der Waals surface area (Å²) >= 11 is 0. The molecular formula is C15H22N4O2. The molecule has 1 aliphatic heterocycles. The molecule has 6 nitrogen and oxygen atoms in total. The number of amidine groups is 1. The first-order chi connectivity index (χ1) is 10.2. The number of aromatic nitrogens is 1. The summed E-state index contributed by atoms with van der Waals surface area (Å²) in [6.45, 7) is 2.04. The summed E-state index contributed by atoms with van der Waals surface area (Å²) in [5.74, 6) is 0.584. The van der Waals surface area contributed by atoms with Crippen LogP contribution >= 0.6 is 0 Å². The van der Waals surface area contributed by atoms with Crippen molar-refractivity contribution in [2.24, 2.45) is 10.9 Å². The van der Waals surface area contributed by atoms with Gasteiger partial charge in [0.25, 0.3) is 0 Å². The predicted octanol–water partition coefficient (Wildman–Crippen LogP) is 1.14. The third kappa shape index (κ3) is 2.95. The second kappa shape index (κ2) is 5.89. The van der Waals surface area contributed by atoms with E-state index in [4.69, 9.17) is 15.7 Å². The number of hydrogen-bond donors (Lipinski definition) is 2. The fourth-order valence-electron chi connectivity index (χ4n) is 3.04. The van der Waals surface area contributed by atoms with Crippen LogP contribution in [0.4, 0.5) is 0 Å². The van der Waals surface area contributed by atoms with E-state index in [9.17, 15) is 0 Å². The maximum atomic E-state index is 8.97. The second-order valence-electron chi connectivity index (χ2n) is 5.91. The van der Waals surface area contributed by atoms with Crippen molar-refractivity contribution in [1.82, 2.24) is 9.88 Å². The van der Waals surface area contributed by atoms with E-state index < -0.39 is 0 Å². The fourth-order valence-corrected chi connectivity index (χ4v) is 3.04. The smallest absolute Gasteiger partial charge is 0.225 e. The topological polar surface area (TPSA) is 84.0 Å². The molecule has 0 atom stereocenters. The molecule has 0 radical (unpaired) electrons. The fraction of sp³-hybridized carbons (Fsp3) is 0.600. The predicted molar refractivity (Wildman–Crippen MR) is 79.9 cm³/mol. The lowest BCUT2D eigenvalue weighted by Crippen LogP contribution is -2.36. The lowest BCUT2D eigenvalue weighted by atomic mass is 10.1. The van der Waals surface area contributed by atoms with Gasteiger partial charge >= 0.3 is 0 Å². The van der Waals surface area contributed by atoms with Gasteiger partial charge in [0.15, 0.2) is 5.84 Å². The molecule has 6 heteroatoms. The zero-order valence-electron chi connectivity index (χ0n) is 12.4. The SMILES string of the molecule is CN1CCC(Oc2nc3c(cc2C(N)=NO)CCC3)CC1. The quantitative estimate of drug-likeness (QED) is 0.377. The Morgan fingerprint density at radius 3 is 2.90 bits per heavy atom. The van der Waals surface area contributed by atoms with E-state index in [1.807, 2.05) is 6.07 Å². The van der Waals surface area contributed by atoms with Gasteiger partial charge in [-0.1, -0.05) is 5.16 Å². The summed E-state index contributed by atoms with van der Waals surface area (Å²) in [4.78, 5) is 6.92. The molecule has 0 unspecified atom stereocenters. The molecule has 3 rings (SSSR count). The standard InChI is InChI=1S/C15H22N4O2/c1-19-7-5-11(6-8-19)21-15-12(14(16)18-20)9-10-3-2-4-13(10)17-15/h9,11,20H,2-8H2,1H3,(H2,16,18). The number of likely N-dealkylation sites (tertiary alicyclic amines) is 1. The molecule has 2 aliphatic rings. The molecule has 114 valence electrons. The number of ether oxygens (including phenoxy) is 1. The Kier molecular flexibility index (Phi) is 3.96. The molecule has 1 fully saturated rings. The lowest BCUT2D eigenvalue weighted by molar-refractivity contribution is 0.109. The molecule has 3 N–H and O–H groups in total. The van der Waals surface area contributed by atoms with E-state index >= 15 is 0 Å². The number of hydrogen-bond acceptors (Lipinski definition) is 5. The van der Waals surface area contributed by atoms with E-state index in [-0.39, 0.29) is 11.9 Å². The molecule has 0 aromatic carbocycles. The highest BCUT2D eigenvalue weighted by Crippen LogP contribution is 2.28. The molecule has 1 aromatic rings. The summed E-state index contributed by atoms with van der Waals surface area (Å²) in [6, 6.07) is 1.97. The zero-order valence-corrected chi connectivity index (χ0v) is 12.4. The molecule has 21 heavy (non-hydrogen) atoms. The van der Waals surface area contributed by atoms with Crippen LogP contribution in [0.5, 0.6) is 5.88 Å².